The highest BCUT2D eigenvalue weighted by Crippen LogP contribution is 2.33. The Bertz CT molecular complexity index is 812. The topological polar surface area (TPSA) is 67.3 Å². The Kier molecular flexibility index (Phi) is 8.22. The predicted octanol–water partition coefficient (Wildman–Crippen LogP) is 4.54. The highest BCUT2D eigenvalue weighted by Gasteiger charge is 2.46. The molecule has 1 aliphatic rings. The van der Waals surface area contributed by atoms with Crippen LogP contribution in [0.2, 0.25) is 0 Å². The second-order valence-corrected chi connectivity index (χ2v) is 6.75. The maximum absolute atomic E-state index is 14.5. The van der Waals surface area contributed by atoms with E-state index < -0.39 is 30.9 Å². The molecule has 1 aliphatic heterocycles. The summed E-state index contributed by atoms with van der Waals surface area (Å²) < 4.78 is 59.1. The Morgan fingerprint density at radius 3 is 2.60 bits per heavy atom. The lowest BCUT2D eigenvalue weighted by Gasteiger charge is -2.37. The molecular weight excluding hydrogens is 428 g/mol. The number of piperidine rings is 1. The Morgan fingerprint density at radius 1 is 1.27 bits per heavy atom. The smallest absolute Gasteiger partial charge is 0.410 e. The van der Waals surface area contributed by atoms with E-state index in [0.717, 1.165) is 4.90 Å². The SMILES string of the molecule is Cl.O=C(OCc1ccc(C(F)F)cc1)N1CCC(CNc2cccnn2)C(F)(F)C1. The molecule has 3 rings (SSSR count). The van der Waals surface area contributed by atoms with Crippen LogP contribution in [0.15, 0.2) is 42.6 Å². The third-order valence-electron chi connectivity index (χ3n) is 4.70. The molecule has 1 atom stereocenters. The lowest BCUT2D eigenvalue weighted by atomic mass is 9.93. The van der Waals surface area contributed by atoms with Crippen molar-refractivity contribution in [2.75, 3.05) is 25.0 Å². The summed E-state index contributed by atoms with van der Waals surface area (Å²) >= 11 is 0. The molecule has 11 heteroatoms. The summed E-state index contributed by atoms with van der Waals surface area (Å²) in [6.07, 6.45) is -1.86. The van der Waals surface area contributed by atoms with Gasteiger partial charge in [0.25, 0.3) is 12.3 Å². The molecule has 0 saturated carbocycles. The van der Waals surface area contributed by atoms with E-state index in [0.29, 0.717) is 11.4 Å². The van der Waals surface area contributed by atoms with E-state index in [1.165, 1.54) is 30.5 Å². The maximum Gasteiger partial charge on any atom is 0.410 e. The van der Waals surface area contributed by atoms with Gasteiger partial charge in [-0.25, -0.2) is 22.4 Å². The van der Waals surface area contributed by atoms with Crippen LogP contribution in [0.25, 0.3) is 0 Å². The number of hydrogen-bond acceptors (Lipinski definition) is 5. The van der Waals surface area contributed by atoms with Crippen LogP contribution in [0.4, 0.5) is 28.2 Å². The Morgan fingerprint density at radius 2 is 2.00 bits per heavy atom. The molecule has 1 fully saturated rings. The molecule has 0 spiro atoms. The van der Waals surface area contributed by atoms with E-state index in [1.807, 2.05) is 0 Å². The molecule has 164 valence electrons. The van der Waals surface area contributed by atoms with Gasteiger partial charge >= 0.3 is 6.09 Å². The molecule has 6 nitrogen and oxygen atoms in total. The van der Waals surface area contributed by atoms with Gasteiger partial charge in [-0.1, -0.05) is 24.3 Å². The first-order chi connectivity index (χ1) is 13.8. The van der Waals surface area contributed by atoms with Gasteiger partial charge in [-0.05, 0) is 24.1 Å². The molecule has 1 saturated heterocycles. The second-order valence-electron chi connectivity index (χ2n) is 6.75. The number of likely N-dealkylation sites (tertiary alicyclic amines) is 1. The third-order valence-corrected chi connectivity index (χ3v) is 4.70. The largest absolute Gasteiger partial charge is 0.445 e. The highest BCUT2D eigenvalue weighted by molar-refractivity contribution is 5.85. The van der Waals surface area contributed by atoms with Crippen LogP contribution in [0.3, 0.4) is 0 Å². The highest BCUT2D eigenvalue weighted by atomic mass is 35.5. The van der Waals surface area contributed by atoms with E-state index in [4.69, 9.17) is 4.74 Å². The molecule has 0 radical (unpaired) electrons. The van der Waals surface area contributed by atoms with Gasteiger partial charge in [0.05, 0.1) is 6.54 Å². The zero-order chi connectivity index (χ0) is 20.9. The number of rotatable bonds is 6. The molecule has 1 N–H and O–H groups in total. The lowest BCUT2D eigenvalue weighted by molar-refractivity contribution is -0.101. The molecule has 1 aromatic heterocycles. The number of nitrogens with zero attached hydrogens (tertiary/aromatic N) is 3. The minimum atomic E-state index is -3.09. The van der Waals surface area contributed by atoms with Gasteiger partial charge < -0.3 is 15.0 Å². The zero-order valence-corrected chi connectivity index (χ0v) is 16.6. The number of anilines is 1. The van der Waals surface area contributed by atoms with Crippen molar-refractivity contribution in [3.63, 3.8) is 0 Å². The van der Waals surface area contributed by atoms with E-state index >= 15 is 0 Å². The molecular formula is C19H21ClF4N4O2. The molecule has 2 heterocycles. The minimum absolute atomic E-state index is 0. The van der Waals surface area contributed by atoms with Crippen LogP contribution < -0.4 is 5.32 Å². The van der Waals surface area contributed by atoms with Crippen LogP contribution in [-0.4, -0.2) is 46.7 Å². The van der Waals surface area contributed by atoms with Crippen LogP contribution in [0.1, 0.15) is 24.0 Å². The van der Waals surface area contributed by atoms with Crippen LogP contribution >= 0.6 is 12.4 Å². The van der Waals surface area contributed by atoms with Crippen molar-refractivity contribution in [1.29, 1.82) is 0 Å². The van der Waals surface area contributed by atoms with Crippen molar-refractivity contribution >= 4 is 24.3 Å². The fraction of sp³-hybridized carbons (Fsp3) is 0.421. The van der Waals surface area contributed by atoms with Gasteiger partial charge in [0.2, 0.25) is 0 Å². The average molecular weight is 449 g/mol. The summed E-state index contributed by atoms with van der Waals surface area (Å²) in [5.41, 5.74) is 0.356. The van der Waals surface area contributed by atoms with Gasteiger partial charge in [0.1, 0.15) is 12.4 Å². The van der Waals surface area contributed by atoms with Crippen molar-refractivity contribution in [2.45, 2.75) is 25.4 Å². The van der Waals surface area contributed by atoms with Gasteiger partial charge in [-0.15, -0.1) is 17.5 Å². The van der Waals surface area contributed by atoms with Crippen molar-refractivity contribution in [3.8, 4) is 0 Å². The number of aromatic nitrogens is 2. The summed E-state index contributed by atoms with van der Waals surface area (Å²) in [4.78, 5) is 13.1. The zero-order valence-electron chi connectivity index (χ0n) is 15.8. The van der Waals surface area contributed by atoms with Gasteiger partial charge in [-0.3, -0.25) is 0 Å². The number of alkyl halides is 4. The average Bonchev–Trinajstić information content (AvgIpc) is 2.71. The minimum Gasteiger partial charge on any atom is -0.445 e. The van der Waals surface area contributed by atoms with Crippen molar-refractivity contribution in [1.82, 2.24) is 15.1 Å². The van der Waals surface area contributed by atoms with Crippen molar-refractivity contribution < 1.29 is 27.1 Å². The number of nitrogens with one attached hydrogen (secondary N) is 1. The normalized spacial score (nSPS) is 17.9. The second kappa shape index (κ2) is 10.4. The van der Waals surface area contributed by atoms with Crippen LogP contribution in [0, 0.1) is 5.92 Å². The fourth-order valence-corrected chi connectivity index (χ4v) is 3.01. The van der Waals surface area contributed by atoms with E-state index in [1.54, 1.807) is 12.1 Å². The number of carbonyl (C=O) groups excluding carboxylic acids is 1. The summed E-state index contributed by atoms with van der Waals surface area (Å²) in [5.74, 6) is -3.65. The third kappa shape index (κ3) is 6.19. The van der Waals surface area contributed by atoms with E-state index in [-0.39, 0.29) is 44.1 Å². The fourth-order valence-electron chi connectivity index (χ4n) is 3.01. The molecule has 30 heavy (non-hydrogen) atoms. The summed E-state index contributed by atoms with van der Waals surface area (Å²) in [6.45, 7) is -0.790. The van der Waals surface area contributed by atoms with Gasteiger partial charge in [-0.2, -0.15) is 5.10 Å². The van der Waals surface area contributed by atoms with E-state index in [2.05, 4.69) is 15.5 Å². The van der Waals surface area contributed by atoms with Crippen LogP contribution in [-0.2, 0) is 11.3 Å². The maximum atomic E-state index is 14.5. The molecule has 1 unspecified atom stereocenters. The Hall–Kier alpha value is -2.62. The Labute approximate surface area is 177 Å². The monoisotopic (exact) mass is 448 g/mol. The molecule has 1 amide bonds. The number of benzene rings is 1. The first-order valence-corrected chi connectivity index (χ1v) is 9.03. The van der Waals surface area contributed by atoms with E-state index in [9.17, 15) is 22.4 Å². The van der Waals surface area contributed by atoms with Gasteiger partial charge in [0.15, 0.2) is 0 Å². The molecule has 0 aliphatic carbocycles. The number of halogens is 5. The van der Waals surface area contributed by atoms with Crippen molar-refractivity contribution in [3.05, 3.63) is 53.7 Å². The predicted molar refractivity (Wildman–Crippen MR) is 104 cm³/mol. The quantitative estimate of drug-likeness (QED) is 0.657. The standard InChI is InChI=1S/C19H20F4N4O2.ClH/c20-17(21)14-5-3-13(4-6-14)11-29-18(28)27-9-7-15(19(22,23)12-27)10-24-16-2-1-8-25-26-16;/h1-6,8,15,17H,7,9-12H2,(H,24,26);1H. The first kappa shape index (κ1) is 23.7. The lowest BCUT2D eigenvalue weighted by Crippen LogP contribution is -2.52. The van der Waals surface area contributed by atoms with Gasteiger partial charge in [0, 0.05) is 30.8 Å². The molecule has 2 aromatic rings. The summed E-state index contributed by atoms with van der Waals surface area (Å²) in [7, 11) is 0. The Balaban J connectivity index is 0.00000320. The number of carbonyl (C=O) groups is 1. The van der Waals surface area contributed by atoms with Crippen LogP contribution in [0.5, 0.6) is 0 Å². The number of ether oxygens (including phenoxy) is 1. The molecule has 0 bridgehead atoms. The summed E-state index contributed by atoms with van der Waals surface area (Å²) in [6, 6.07) is 8.56. The van der Waals surface area contributed by atoms with Crippen molar-refractivity contribution in [2.24, 2.45) is 5.92 Å². The summed E-state index contributed by atoms with van der Waals surface area (Å²) in [5, 5.41) is 10.3. The molecule has 1 aromatic carbocycles. The number of amides is 1. The number of hydrogen-bond donors (Lipinski definition) is 1. The first-order valence-electron chi connectivity index (χ1n) is 9.03.